The molecule has 1 atom stereocenters. The van der Waals surface area contributed by atoms with Crippen molar-refractivity contribution < 1.29 is 27.1 Å². The van der Waals surface area contributed by atoms with E-state index in [4.69, 9.17) is 0 Å². The fourth-order valence-electron chi connectivity index (χ4n) is 4.43. The van der Waals surface area contributed by atoms with Gasteiger partial charge in [0.2, 0.25) is 0 Å². The number of piperidine rings is 1. The summed E-state index contributed by atoms with van der Waals surface area (Å²) in [7, 11) is 0. The zero-order chi connectivity index (χ0) is 23.8. The van der Waals surface area contributed by atoms with Gasteiger partial charge in [0.25, 0.3) is 0 Å². The Hall–Kier alpha value is -3.11. The van der Waals surface area contributed by atoms with Crippen molar-refractivity contribution in [1.29, 1.82) is 0 Å². The van der Waals surface area contributed by atoms with E-state index in [1.807, 2.05) is 4.90 Å². The van der Waals surface area contributed by atoms with Gasteiger partial charge in [-0.25, -0.2) is 18.7 Å². The minimum atomic E-state index is -4.53. The Morgan fingerprint density at radius 2 is 1.76 bits per heavy atom. The molecule has 0 aliphatic carbocycles. The van der Waals surface area contributed by atoms with E-state index in [0.717, 1.165) is 30.8 Å². The molecule has 3 heterocycles. The number of halogens is 5. The molecule has 0 amide bonds. The van der Waals surface area contributed by atoms with Gasteiger partial charge in [0, 0.05) is 31.7 Å². The number of aryl methyl sites for hydroxylation is 1. The number of aliphatic hydroxyl groups excluding tert-OH is 1. The lowest BCUT2D eigenvalue weighted by Gasteiger charge is -2.38. The van der Waals surface area contributed by atoms with Crippen molar-refractivity contribution in [1.82, 2.24) is 14.9 Å². The average molecular weight is 469 g/mol. The third-order valence-corrected chi connectivity index (χ3v) is 6.22. The van der Waals surface area contributed by atoms with Gasteiger partial charge in [-0.15, -0.1) is 0 Å². The highest BCUT2D eigenvalue weighted by atomic mass is 19.4. The number of anilines is 2. The van der Waals surface area contributed by atoms with E-state index in [2.05, 4.69) is 20.2 Å². The molecule has 1 aromatic carbocycles. The molecular formula is C22H24F5N5O. The van der Waals surface area contributed by atoms with Crippen molar-refractivity contribution in [3.05, 3.63) is 59.4 Å². The molecule has 2 saturated heterocycles. The molecule has 0 unspecified atom stereocenters. The van der Waals surface area contributed by atoms with Crippen molar-refractivity contribution >= 4 is 11.5 Å². The number of likely N-dealkylation sites (tertiary alicyclic amines) is 1. The van der Waals surface area contributed by atoms with Crippen LogP contribution in [0.3, 0.4) is 0 Å². The number of rotatable bonds is 4. The molecule has 0 bridgehead atoms. The minimum absolute atomic E-state index is 0.0417. The zero-order valence-electron chi connectivity index (χ0n) is 17.9. The third-order valence-electron chi connectivity index (χ3n) is 6.22. The lowest BCUT2D eigenvalue weighted by Crippen LogP contribution is -2.44. The largest absolute Gasteiger partial charge is 0.514 e. The molecule has 2 aliphatic rings. The first-order valence-electron chi connectivity index (χ1n) is 10.6. The third kappa shape index (κ3) is 4.81. The Labute approximate surface area is 187 Å². The molecule has 0 spiro atoms. The normalized spacial score (nSPS) is 21.2. The van der Waals surface area contributed by atoms with Gasteiger partial charge in [-0.2, -0.15) is 13.2 Å². The lowest BCUT2D eigenvalue weighted by atomic mass is 10.0. The summed E-state index contributed by atoms with van der Waals surface area (Å²) in [4.78, 5) is 11.3. The van der Waals surface area contributed by atoms with Crippen molar-refractivity contribution in [2.45, 2.75) is 44.4 Å². The van der Waals surface area contributed by atoms with Crippen molar-refractivity contribution in [3.8, 4) is 0 Å². The van der Waals surface area contributed by atoms with E-state index >= 15 is 0 Å². The summed E-state index contributed by atoms with van der Waals surface area (Å²) in [6, 6.07) is 1.97. The first-order valence-corrected chi connectivity index (χ1v) is 10.6. The summed E-state index contributed by atoms with van der Waals surface area (Å²) in [5, 5.41) is 12.9. The van der Waals surface area contributed by atoms with Gasteiger partial charge < -0.3 is 20.2 Å². The van der Waals surface area contributed by atoms with Crippen LogP contribution in [0, 0.1) is 18.6 Å². The Morgan fingerprint density at radius 3 is 2.36 bits per heavy atom. The van der Waals surface area contributed by atoms with E-state index < -0.39 is 23.5 Å². The Balaban J connectivity index is 1.38. The molecule has 4 rings (SSSR count). The van der Waals surface area contributed by atoms with E-state index in [0.29, 0.717) is 50.4 Å². The van der Waals surface area contributed by atoms with Crippen LogP contribution < -0.4 is 10.2 Å². The maximum absolute atomic E-state index is 14.3. The highest BCUT2D eigenvalue weighted by Gasteiger charge is 2.36. The monoisotopic (exact) mass is 469 g/mol. The number of aromatic nitrogens is 2. The van der Waals surface area contributed by atoms with E-state index in [-0.39, 0.29) is 23.3 Å². The number of alkyl halides is 3. The Kier molecular flexibility index (Phi) is 6.31. The highest BCUT2D eigenvalue weighted by Crippen LogP contribution is 2.33. The van der Waals surface area contributed by atoms with Crippen LogP contribution in [-0.4, -0.2) is 51.7 Å². The van der Waals surface area contributed by atoms with Gasteiger partial charge in [0.1, 0.15) is 23.7 Å². The second-order valence-electron chi connectivity index (χ2n) is 8.29. The molecule has 0 saturated carbocycles. The van der Waals surface area contributed by atoms with Gasteiger partial charge >= 0.3 is 6.18 Å². The first kappa shape index (κ1) is 23.1. The summed E-state index contributed by atoms with van der Waals surface area (Å²) < 4.78 is 66.2. The summed E-state index contributed by atoms with van der Waals surface area (Å²) >= 11 is 0. The van der Waals surface area contributed by atoms with Crippen LogP contribution in [0.5, 0.6) is 0 Å². The summed E-state index contributed by atoms with van der Waals surface area (Å²) in [5.41, 5.74) is -0.170. The van der Waals surface area contributed by atoms with Crippen LogP contribution in [0.25, 0.3) is 0 Å². The topological polar surface area (TPSA) is 64.5 Å². The Bertz CT molecular complexity index is 1020. The molecule has 0 radical (unpaired) electrons. The molecule has 6 nitrogen and oxygen atoms in total. The van der Waals surface area contributed by atoms with Crippen LogP contribution in [-0.2, 0) is 6.18 Å². The van der Waals surface area contributed by atoms with Gasteiger partial charge in [-0.3, -0.25) is 0 Å². The molecule has 11 heteroatoms. The fraction of sp³-hybridized carbons (Fsp3) is 0.455. The summed E-state index contributed by atoms with van der Waals surface area (Å²) in [6.07, 6.45) is 0.331. The minimum Gasteiger partial charge on any atom is -0.514 e. The molecular weight excluding hydrogens is 445 g/mol. The number of benzene rings is 1. The predicted octanol–water partition coefficient (Wildman–Crippen LogP) is 4.64. The van der Waals surface area contributed by atoms with Gasteiger partial charge in [0.15, 0.2) is 5.69 Å². The smallest absolute Gasteiger partial charge is 0.434 e. The number of nitrogens with one attached hydrogen (secondary N) is 1. The molecule has 2 fully saturated rings. The molecule has 2 N–H and O–H groups in total. The molecule has 1 aromatic heterocycles. The van der Waals surface area contributed by atoms with E-state index in [1.54, 1.807) is 0 Å². The van der Waals surface area contributed by atoms with E-state index in [9.17, 15) is 27.1 Å². The molecule has 2 aliphatic heterocycles. The summed E-state index contributed by atoms with van der Waals surface area (Å²) in [5.74, 6) is -0.685. The molecule has 178 valence electrons. The summed E-state index contributed by atoms with van der Waals surface area (Å²) in [6.45, 7) is 3.25. The van der Waals surface area contributed by atoms with Gasteiger partial charge in [-0.1, -0.05) is 0 Å². The van der Waals surface area contributed by atoms with Crippen LogP contribution in [0.15, 0.2) is 36.5 Å². The second kappa shape index (κ2) is 9.03. The standard InChI is InChI=1S/C22H24F5N5O/c1-13-8-16(24)18(9-15(13)23)30-17-4-7-32(19(17)12-33)14-2-5-31(6-3-14)21-11-28-20(10-29-21)22(25,26)27/h8-12,14,17,30,33H,2-7H2,1H3/b19-12-/t17-/m0/s1. The maximum Gasteiger partial charge on any atom is 0.434 e. The molecule has 33 heavy (non-hydrogen) atoms. The van der Waals surface area contributed by atoms with Crippen molar-refractivity contribution in [2.24, 2.45) is 0 Å². The molecule has 2 aromatic rings. The van der Waals surface area contributed by atoms with Gasteiger partial charge in [0.05, 0.1) is 29.8 Å². The number of nitrogens with zero attached hydrogens (tertiary/aromatic N) is 4. The average Bonchev–Trinajstić information content (AvgIpc) is 3.19. The Morgan fingerprint density at radius 1 is 1.03 bits per heavy atom. The van der Waals surface area contributed by atoms with Crippen LogP contribution in [0.1, 0.15) is 30.5 Å². The number of hydrogen-bond acceptors (Lipinski definition) is 6. The van der Waals surface area contributed by atoms with Crippen molar-refractivity contribution in [3.63, 3.8) is 0 Å². The van der Waals surface area contributed by atoms with Crippen LogP contribution in [0.2, 0.25) is 0 Å². The SMILES string of the molecule is Cc1cc(F)c(N[C@H]2CCN(C3CCN(c4cnc(C(F)(F)F)cn4)CC3)/C2=C\O)cc1F. The number of hydrogen-bond donors (Lipinski definition) is 2. The predicted molar refractivity (Wildman–Crippen MR) is 113 cm³/mol. The van der Waals surface area contributed by atoms with Crippen LogP contribution in [0.4, 0.5) is 33.5 Å². The first-order chi connectivity index (χ1) is 15.7. The lowest BCUT2D eigenvalue weighted by molar-refractivity contribution is -0.141. The zero-order valence-corrected chi connectivity index (χ0v) is 17.9. The maximum atomic E-state index is 14.3. The van der Waals surface area contributed by atoms with Crippen molar-refractivity contribution in [2.75, 3.05) is 29.9 Å². The van der Waals surface area contributed by atoms with Crippen LogP contribution >= 0.6 is 0 Å². The van der Waals surface area contributed by atoms with E-state index in [1.165, 1.54) is 6.92 Å². The quantitative estimate of drug-likeness (QED) is 0.503. The second-order valence-corrected chi connectivity index (χ2v) is 8.29. The fourth-order valence-corrected chi connectivity index (χ4v) is 4.43. The van der Waals surface area contributed by atoms with Gasteiger partial charge in [-0.05, 0) is 37.8 Å². The number of aliphatic hydroxyl groups is 1. The highest BCUT2D eigenvalue weighted by molar-refractivity contribution is 5.49.